The second-order valence-electron chi connectivity index (χ2n) is 7.78. The number of phenolic OH excluding ortho intramolecular Hbond substituents is 1. The molecule has 0 unspecified atom stereocenters. The monoisotopic (exact) mass is 426 g/mol. The van der Waals surface area contributed by atoms with Gasteiger partial charge in [0.2, 0.25) is 0 Å². The number of halogens is 1. The van der Waals surface area contributed by atoms with E-state index < -0.39 is 0 Å². The van der Waals surface area contributed by atoms with Crippen LogP contribution in [-0.2, 0) is 0 Å². The van der Waals surface area contributed by atoms with Crippen molar-refractivity contribution in [3.8, 4) is 16.9 Å². The molecule has 5 rings (SSSR count). The number of nitrogens with one attached hydrogen (secondary N) is 1. The van der Waals surface area contributed by atoms with E-state index in [1.165, 1.54) is 23.3 Å². The quantitative estimate of drug-likeness (QED) is 0.399. The van der Waals surface area contributed by atoms with Crippen LogP contribution < -0.4 is 11.3 Å². The molecule has 1 aliphatic carbocycles. The van der Waals surface area contributed by atoms with E-state index in [-0.39, 0.29) is 29.8 Å². The zero-order chi connectivity index (χ0) is 19.4. The van der Waals surface area contributed by atoms with E-state index in [0.717, 1.165) is 45.8 Å². The number of aromatic hydroxyl groups is 1. The molecule has 2 heterocycles. The normalized spacial score (nSPS) is 19.0. The Kier molecular flexibility index (Phi) is 5.15. The Balaban J connectivity index is 0.00000205. The third kappa shape index (κ3) is 3.14. The molecule has 0 radical (unpaired) electrons. The van der Waals surface area contributed by atoms with Crippen molar-refractivity contribution >= 4 is 44.7 Å². The van der Waals surface area contributed by atoms with Crippen molar-refractivity contribution in [2.45, 2.75) is 38.1 Å². The molecule has 2 aromatic heterocycles. The Labute approximate surface area is 178 Å². The molecule has 4 aromatic rings. The molecule has 4 nitrogen and oxygen atoms in total. The summed E-state index contributed by atoms with van der Waals surface area (Å²) in [5.74, 6) is 0.646. The fourth-order valence-corrected chi connectivity index (χ4v) is 5.47. The first-order valence-corrected chi connectivity index (χ1v) is 10.5. The SMILES string of the molecule is Cc1cc(O)c(-c2ccc([C@@H]3CCC[C@@H]3N)cc2)c2c1[nH]c(=O)c1sccc12.Cl. The van der Waals surface area contributed by atoms with Crippen LogP contribution in [0.25, 0.3) is 32.1 Å². The largest absolute Gasteiger partial charge is 0.507 e. The number of thiophene rings is 1. The highest BCUT2D eigenvalue weighted by Gasteiger charge is 2.25. The van der Waals surface area contributed by atoms with Crippen molar-refractivity contribution in [1.82, 2.24) is 4.98 Å². The molecule has 6 heteroatoms. The third-order valence-corrected chi connectivity index (χ3v) is 6.99. The Morgan fingerprint density at radius 3 is 2.62 bits per heavy atom. The molecule has 1 saturated carbocycles. The summed E-state index contributed by atoms with van der Waals surface area (Å²) in [7, 11) is 0. The summed E-state index contributed by atoms with van der Waals surface area (Å²) in [6.07, 6.45) is 3.40. The maximum atomic E-state index is 12.4. The lowest BCUT2D eigenvalue weighted by molar-refractivity contribution is 0.477. The van der Waals surface area contributed by atoms with Crippen molar-refractivity contribution in [2.75, 3.05) is 0 Å². The second-order valence-corrected chi connectivity index (χ2v) is 8.69. The molecule has 4 N–H and O–H groups in total. The Morgan fingerprint density at radius 1 is 1.17 bits per heavy atom. The van der Waals surface area contributed by atoms with Crippen LogP contribution in [0.1, 0.15) is 36.3 Å². The van der Waals surface area contributed by atoms with Crippen LogP contribution in [0.2, 0.25) is 0 Å². The number of fused-ring (bicyclic) bond motifs is 3. The van der Waals surface area contributed by atoms with Crippen LogP contribution in [0.4, 0.5) is 0 Å². The molecule has 0 amide bonds. The fraction of sp³-hybridized carbons (Fsp3) is 0.261. The molecular formula is C23H23ClN2O2S. The standard InChI is InChI=1S/C23H22N2O2S.ClH/c1-12-11-18(26)19(20-16-9-10-28-22(16)23(27)25-21(12)20)14-7-5-13(6-8-14)15-3-2-4-17(15)24;/h5-11,15,17,26H,2-4,24H2,1H3,(H,25,27);1H/t15-,17-;/m0./s1. The number of aromatic nitrogens is 1. The maximum Gasteiger partial charge on any atom is 0.266 e. The van der Waals surface area contributed by atoms with Crippen LogP contribution >= 0.6 is 23.7 Å². The maximum absolute atomic E-state index is 12.4. The van der Waals surface area contributed by atoms with Gasteiger partial charge in [-0.05, 0) is 59.9 Å². The van der Waals surface area contributed by atoms with Gasteiger partial charge in [-0.2, -0.15) is 0 Å². The summed E-state index contributed by atoms with van der Waals surface area (Å²) in [6.45, 7) is 1.91. The van der Waals surface area contributed by atoms with Crippen LogP contribution in [-0.4, -0.2) is 16.1 Å². The Morgan fingerprint density at radius 2 is 1.93 bits per heavy atom. The molecule has 0 saturated heterocycles. The molecule has 150 valence electrons. The van der Waals surface area contributed by atoms with E-state index in [4.69, 9.17) is 5.73 Å². The van der Waals surface area contributed by atoms with Crippen molar-refractivity contribution in [2.24, 2.45) is 5.73 Å². The topological polar surface area (TPSA) is 79.1 Å². The van der Waals surface area contributed by atoms with E-state index in [2.05, 4.69) is 29.2 Å². The van der Waals surface area contributed by atoms with Crippen molar-refractivity contribution in [3.63, 3.8) is 0 Å². The van der Waals surface area contributed by atoms with Gasteiger partial charge in [-0.25, -0.2) is 0 Å². The molecule has 0 spiro atoms. The summed E-state index contributed by atoms with van der Waals surface area (Å²) in [5, 5.41) is 14.5. The Hall–Kier alpha value is -2.34. The highest BCUT2D eigenvalue weighted by atomic mass is 35.5. The number of aromatic amines is 1. The fourth-order valence-electron chi connectivity index (χ4n) is 4.67. The average Bonchev–Trinajstić information content (AvgIpc) is 3.33. The van der Waals surface area contributed by atoms with Gasteiger partial charge in [0.25, 0.3) is 5.56 Å². The smallest absolute Gasteiger partial charge is 0.266 e. The molecular weight excluding hydrogens is 404 g/mol. The summed E-state index contributed by atoms with van der Waals surface area (Å²) >= 11 is 1.42. The second kappa shape index (κ2) is 7.48. The van der Waals surface area contributed by atoms with E-state index >= 15 is 0 Å². The minimum absolute atomic E-state index is 0. The van der Waals surface area contributed by atoms with Crippen LogP contribution in [0, 0.1) is 6.92 Å². The molecule has 0 aliphatic heterocycles. The van der Waals surface area contributed by atoms with Gasteiger partial charge in [-0.1, -0.05) is 30.7 Å². The first-order valence-electron chi connectivity index (χ1n) is 9.66. The van der Waals surface area contributed by atoms with Gasteiger partial charge >= 0.3 is 0 Å². The zero-order valence-electron chi connectivity index (χ0n) is 16.1. The van der Waals surface area contributed by atoms with Gasteiger partial charge in [0.15, 0.2) is 0 Å². The molecule has 1 aliphatic rings. The first-order chi connectivity index (χ1) is 13.5. The van der Waals surface area contributed by atoms with Gasteiger partial charge < -0.3 is 15.8 Å². The molecule has 2 atom stereocenters. The van der Waals surface area contributed by atoms with Gasteiger partial charge in [0.05, 0.1) is 5.52 Å². The minimum atomic E-state index is -0.0807. The van der Waals surface area contributed by atoms with Crippen molar-refractivity contribution in [3.05, 3.63) is 63.3 Å². The van der Waals surface area contributed by atoms with Gasteiger partial charge in [-0.3, -0.25) is 4.79 Å². The number of aryl methyl sites for hydroxylation is 1. The predicted octanol–water partition coefficient (Wildman–Crippen LogP) is 5.44. The van der Waals surface area contributed by atoms with E-state index in [0.29, 0.717) is 10.6 Å². The number of hydrogen-bond donors (Lipinski definition) is 3. The summed E-state index contributed by atoms with van der Waals surface area (Å²) in [6, 6.07) is 12.3. The molecule has 0 bridgehead atoms. The van der Waals surface area contributed by atoms with Crippen molar-refractivity contribution in [1.29, 1.82) is 0 Å². The summed E-state index contributed by atoms with van der Waals surface area (Å²) < 4.78 is 0.687. The first kappa shape index (κ1) is 20.0. The lowest BCUT2D eigenvalue weighted by Crippen LogP contribution is -2.22. The van der Waals surface area contributed by atoms with Crippen molar-refractivity contribution < 1.29 is 5.11 Å². The highest BCUT2D eigenvalue weighted by Crippen LogP contribution is 2.42. The predicted molar refractivity (Wildman–Crippen MR) is 124 cm³/mol. The highest BCUT2D eigenvalue weighted by molar-refractivity contribution is 7.17. The number of hydrogen-bond acceptors (Lipinski definition) is 4. The lowest BCUT2D eigenvalue weighted by Gasteiger charge is -2.17. The van der Waals surface area contributed by atoms with Gasteiger partial charge in [0, 0.05) is 22.4 Å². The van der Waals surface area contributed by atoms with E-state index in [9.17, 15) is 9.90 Å². The van der Waals surface area contributed by atoms with Crippen LogP contribution in [0.3, 0.4) is 0 Å². The van der Waals surface area contributed by atoms with Crippen LogP contribution in [0.5, 0.6) is 5.75 Å². The lowest BCUT2D eigenvalue weighted by atomic mass is 9.91. The number of phenols is 1. The van der Waals surface area contributed by atoms with E-state index in [1.807, 2.05) is 18.4 Å². The zero-order valence-corrected chi connectivity index (χ0v) is 17.7. The Bertz CT molecular complexity index is 1260. The number of H-pyrrole nitrogens is 1. The number of benzene rings is 2. The molecule has 1 fully saturated rings. The van der Waals surface area contributed by atoms with Gasteiger partial charge in [0.1, 0.15) is 10.4 Å². The third-order valence-electron chi connectivity index (χ3n) is 6.08. The minimum Gasteiger partial charge on any atom is -0.507 e. The summed E-state index contributed by atoms with van der Waals surface area (Å²) in [5.41, 5.74) is 10.8. The van der Waals surface area contributed by atoms with E-state index in [1.54, 1.807) is 6.07 Å². The number of rotatable bonds is 2. The summed E-state index contributed by atoms with van der Waals surface area (Å²) in [4.78, 5) is 15.5. The molecule has 29 heavy (non-hydrogen) atoms. The molecule has 2 aromatic carbocycles. The van der Waals surface area contributed by atoms with Gasteiger partial charge in [-0.15, -0.1) is 23.7 Å². The number of nitrogens with two attached hydrogens (primary N) is 1. The van der Waals surface area contributed by atoms with Crippen LogP contribution in [0.15, 0.2) is 46.6 Å². The average molecular weight is 427 g/mol. The number of pyridine rings is 1.